The Morgan fingerprint density at radius 3 is 2.20 bits per heavy atom. The summed E-state index contributed by atoms with van der Waals surface area (Å²) in [6.07, 6.45) is 0. The molecule has 5 nitrogen and oxygen atoms in total. The van der Waals surface area contributed by atoms with Crippen LogP contribution in [0.25, 0.3) is 0 Å². The lowest BCUT2D eigenvalue weighted by atomic mass is 10.2. The molecule has 0 fully saturated rings. The molecule has 0 saturated carbocycles. The number of rotatable bonds is 3. The first kappa shape index (κ1) is 13.4. The van der Waals surface area contributed by atoms with Gasteiger partial charge in [0.05, 0.1) is 17.3 Å². The van der Waals surface area contributed by atoms with Gasteiger partial charge in [-0.3, -0.25) is 10.9 Å². The number of urea groups is 1. The number of amides is 2. The van der Waals surface area contributed by atoms with Crippen molar-refractivity contribution >= 4 is 17.4 Å². The molecule has 100 valence electrons. The molecule has 0 radical (unpaired) electrons. The highest BCUT2D eigenvalue weighted by Crippen LogP contribution is 2.09. The first-order valence-corrected chi connectivity index (χ1v) is 5.76. The number of nitrogens with one attached hydrogen (secondary N) is 3. The summed E-state index contributed by atoms with van der Waals surface area (Å²) in [5.41, 5.74) is 6.67. The standard InChI is InChI=1S/C14H11FN4O/c15-11-3-7-13(8-4-11)18-19-14(20)17-12-5-1-10(9-16)2-6-12/h1-8,18H,(H2,17,19,20). The molecule has 0 aliphatic rings. The van der Waals surface area contributed by atoms with Crippen molar-refractivity contribution in [2.75, 3.05) is 10.7 Å². The van der Waals surface area contributed by atoms with Crippen molar-refractivity contribution in [3.8, 4) is 6.07 Å². The smallest absolute Gasteiger partial charge is 0.307 e. The second kappa shape index (κ2) is 6.20. The van der Waals surface area contributed by atoms with E-state index in [0.717, 1.165) is 0 Å². The molecule has 0 aromatic heterocycles. The van der Waals surface area contributed by atoms with Crippen molar-refractivity contribution in [2.45, 2.75) is 0 Å². The largest absolute Gasteiger partial charge is 0.337 e. The lowest BCUT2D eigenvalue weighted by Crippen LogP contribution is -2.33. The van der Waals surface area contributed by atoms with E-state index in [0.29, 0.717) is 16.9 Å². The van der Waals surface area contributed by atoms with Crippen LogP contribution in [0.3, 0.4) is 0 Å². The Kier molecular flexibility index (Phi) is 4.14. The fraction of sp³-hybridized carbons (Fsp3) is 0. The Hall–Kier alpha value is -3.07. The van der Waals surface area contributed by atoms with Crippen molar-refractivity contribution < 1.29 is 9.18 Å². The zero-order valence-electron chi connectivity index (χ0n) is 10.4. The van der Waals surface area contributed by atoms with Crippen molar-refractivity contribution in [3.63, 3.8) is 0 Å². The molecule has 0 saturated heterocycles. The van der Waals surface area contributed by atoms with Gasteiger partial charge in [-0.1, -0.05) is 0 Å². The van der Waals surface area contributed by atoms with Gasteiger partial charge in [-0.15, -0.1) is 0 Å². The first-order chi connectivity index (χ1) is 9.67. The Morgan fingerprint density at radius 1 is 1.00 bits per heavy atom. The average molecular weight is 270 g/mol. The van der Waals surface area contributed by atoms with Crippen LogP contribution in [0.15, 0.2) is 48.5 Å². The minimum Gasteiger partial charge on any atom is -0.307 e. The van der Waals surface area contributed by atoms with Crippen LogP contribution in [0, 0.1) is 17.1 Å². The van der Waals surface area contributed by atoms with E-state index >= 15 is 0 Å². The third-order valence-corrected chi connectivity index (χ3v) is 2.44. The number of nitrogens with zero attached hydrogens (tertiary/aromatic N) is 1. The van der Waals surface area contributed by atoms with Crippen molar-refractivity contribution in [1.82, 2.24) is 5.43 Å². The van der Waals surface area contributed by atoms with E-state index < -0.39 is 6.03 Å². The third-order valence-electron chi connectivity index (χ3n) is 2.44. The van der Waals surface area contributed by atoms with Crippen molar-refractivity contribution in [3.05, 3.63) is 59.9 Å². The number of carbonyl (C=O) groups excluding carboxylic acids is 1. The van der Waals surface area contributed by atoms with E-state index in [1.165, 1.54) is 24.3 Å². The molecular weight excluding hydrogens is 259 g/mol. The normalized spacial score (nSPS) is 9.40. The molecule has 0 atom stereocenters. The van der Waals surface area contributed by atoms with Gasteiger partial charge in [-0.25, -0.2) is 9.18 Å². The van der Waals surface area contributed by atoms with E-state index in [-0.39, 0.29) is 5.82 Å². The zero-order valence-corrected chi connectivity index (χ0v) is 10.4. The van der Waals surface area contributed by atoms with Gasteiger partial charge in [-0.2, -0.15) is 5.26 Å². The molecule has 0 heterocycles. The van der Waals surface area contributed by atoms with E-state index in [1.54, 1.807) is 24.3 Å². The predicted octanol–water partition coefficient (Wildman–Crippen LogP) is 2.85. The fourth-order valence-electron chi connectivity index (χ4n) is 1.45. The maximum atomic E-state index is 12.7. The van der Waals surface area contributed by atoms with Gasteiger partial charge in [0.15, 0.2) is 0 Å². The summed E-state index contributed by atoms with van der Waals surface area (Å²) < 4.78 is 12.7. The third kappa shape index (κ3) is 3.71. The number of hydrogen-bond acceptors (Lipinski definition) is 3. The van der Waals surface area contributed by atoms with Gasteiger partial charge in [0.1, 0.15) is 5.82 Å². The lowest BCUT2D eigenvalue weighted by Gasteiger charge is -2.09. The van der Waals surface area contributed by atoms with Crippen molar-refractivity contribution in [1.29, 1.82) is 5.26 Å². The quantitative estimate of drug-likeness (QED) is 0.750. The van der Waals surface area contributed by atoms with E-state index in [9.17, 15) is 9.18 Å². The Bertz CT molecular complexity index is 632. The molecule has 3 N–H and O–H groups in total. The molecule has 20 heavy (non-hydrogen) atoms. The van der Waals surface area contributed by atoms with Crippen molar-refractivity contribution in [2.24, 2.45) is 0 Å². The number of hydrogen-bond donors (Lipinski definition) is 3. The Labute approximate surface area is 115 Å². The number of anilines is 2. The van der Waals surface area contributed by atoms with Crippen LogP contribution < -0.4 is 16.2 Å². The topological polar surface area (TPSA) is 77.0 Å². The summed E-state index contributed by atoms with van der Waals surface area (Å²) in [7, 11) is 0. The van der Waals surface area contributed by atoms with Crippen LogP contribution in [-0.2, 0) is 0 Å². The van der Waals surface area contributed by atoms with E-state index in [2.05, 4.69) is 16.2 Å². The highest BCUT2D eigenvalue weighted by molar-refractivity contribution is 5.90. The maximum Gasteiger partial charge on any atom is 0.337 e. The van der Waals surface area contributed by atoms with Crippen LogP contribution in [0.2, 0.25) is 0 Å². The summed E-state index contributed by atoms with van der Waals surface area (Å²) in [6, 6.07) is 13.5. The number of carbonyl (C=O) groups is 1. The van der Waals surface area contributed by atoms with E-state index in [1.807, 2.05) is 6.07 Å². The van der Waals surface area contributed by atoms with Crippen LogP contribution in [0.4, 0.5) is 20.6 Å². The zero-order chi connectivity index (χ0) is 14.4. The minimum absolute atomic E-state index is 0.349. The number of hydrazine groups is 1. The summed E-state index contributed by atoms with van der Waals surface area (Å²) in [5.74, 6) is -0.349. The molecular formula is C14H11FN4O. The van der Waals surface area contributed by atoms with Crippen LogP contribution >= 0.6 is 0 Å². The van der Waals surface area contributed by atoms with E-state index in [4.69, 9.17) is 5.26 Å². The average Bonchev–Trinajstić information content (AvgIpc) is 2.47. The van der Waals surface area contributed by atoms with Gasteiger partial charge in [0, 0.05) is 5.69 Å². The first-order valence-electron chi connectivity index (χ1n) is 5.76. The van der Waals surface area contributed by atoms with Gasteiger partial charge >= 0.3 is 6.03 Å². The van der Waals surface area contributed by atoms with Gasteiger partial charge in [0.25, 0.3) is 0 Å². The SMILES string of the molecule is N#Cc1ccc(NC(=O)NNc2ccc(F)cc2)cc1. The molecule has 0 spiro atoms. The minimum atomic E-state index is -0.473. The molecule has 6 heteroatoms. The number of benzene rings is 2. The molecule has 2 amide bonds. The molecule has 0 unspecified atom stereocenters. The second-order valence-electron chi connectivity index (χ2n) is 3.90. The highest BCUT2D eigenvalue weighted by atomic mass is 19.1. The summed E-state index contributed by atoms with van der Waals surface area (Å²) in [6.45, 7) is 0. The molecule has 0 aliphatic heterocycles. The Morgan fingerprint density at radius 2 is 1.60 bits per heavy atom. The highest BCUT2D eigenvalue weighted by Gasteiger charge is 2.01. The Balaban J connectivity index is 1.86. The number of halogens is 1. The summed E-state index contributed by atoms with van der Waals surface area (Å²) >= 11 is 0. The monoisotopic (exact) mass is 270 g/mol. The fourth-order valence-corrected chi connectivity index (χ4v) is 1.45. The summed E-state index contributed by atoms with van der Waals surface area (Å²) in [5, 5.41) is 11.2. The molecule has 2 rings (SSSR count). The van der Waals surface area contributed by atoms with Crippen LogP contribution in [-0.4, -0.2) is 6.03 Å². The number of nitriles is 1. The predicted molar refractivity (Wildman–Crippen MR) is 73.3 cm³/mol. The van der Waals surface area contributed by atoms with Gasteiger partial charge < -0.3 is 5.32 Å². The lowest BCUT2D eigenvalue weighted by molar-refractivity contribution is 0.254. The molecule has 0 bridgehead atoms. The van der Waals surface area contributed by atoms with Crippen LogP contribution in [0.1, 0.15) is 5.56 Å². The summed E-state index contributed by atoms with van der Waals surface area (Å²) in [4.78, 5) is 11.6. The molecule has 2 aromatic carbocycles. The van der Waals surface area contributed by atoms with Gasteiger partial charge in [0.2, 0.25) is 0 Å². The molecule has 2 aromatic rings. The maximum absolute atomic E-state index is 12.7. The van der Waals surface area contributed by atoms with Gasteiger partial charge in [-0.05, 0) is 48.5 Å². The second-order valence-corrected chi connectivity index (χ2v) is 3.90. The van der Waals surface area contributed by atoms with Crippen LogP contribution in [0.5, 0.6) is 0 Å². The molecule has 0 aliphatic carbocycles.